The van der Waals surface area contributed by atoms with Crippen molar-refractivity contribution in [2.75, 3.05) is 5.32 Å². The number of imidazole rings is 1. The van der Waals surface area contributed by atoms with Crippen molar-refractivity contribution in [2.45, 2.75) is 5.50 Å². The first-order chi connectivity index (χ1) is 5.66. The van der Waals surface area contributed by atoms with Gasteiger partial charge in [0.15, 0.2) is 10.8 Å². The number of alkyl halides is 1. The molecule has 1 atom stereocenters. The molecule has 0 fully saturated rings. The zero-order valence-corrected chi connectivity index (χ0v) is 7.20. The van der Waals surface area contributed by atoms with E-state index in [4.69, 9.17) is 23.2 Å². The normalized spacial score (nSPS) is 21.2. The number of nitrogens with one attached hydrogen (secondary N) is 3. The Kier molecular flexibility index (Phi) is 1.62. The van der Waals surface area contributed by atoms with Crippen molar-refractivity contribution < 1.29 is 0 Å². The minimum absolute atomic E-state index is 0.165. The van der Waals surface area contributed by atoms with Gasteiger partial charge in [0.1, 0.15) is 11.5 Å². The molecule has 1 aromatic rings. The fourth-order valence-electron chi connectivity index (χ4n) is 0.974. The Balaban J connectivity index is 2.54. The summed E-state index contributed by atoms with van der Waals surface area (Å²) < 4.78 is 0. The fourth-order valence-corrected chi connectivity index (χ4v) is 1.48. The van der Waals surface area contributed by atoms with E-state index in [1.165, 1.54) is 0 Å². The lowest BCUT2D eigenvalue weighted by Gasteiger charge is -2.12. The van der Waals surface area contributed by atoms with E-state index < -0.39 is 5.50 Å². The van der Waals surface area contributed by atoms with E-state index in [-0.39, 0.29) is 11.0 Å². The first-order valence-electron chi connectivity index (χ1n) is 3.13. The predicted molar refractivity (Wildman–Crippen MR) is 46.9 cm³/mol. The second-order valence-electron chi connectivity index (χ2n) is 2.25. The van der Waals surface area contributed by atoms with Gasteiger partial charge in [-0.3, -0.25) is 4.98 Å². The van der Waals surface area contributed by atoms with Crippen molar-refractivity contribution in [2.24, 2.45) is 4.99 Å². The van der Waals surface area contributed by atoms with Gasteiger partial charge in [0, 0.05) is 0 Å². The quantitative estimate of drug-likeness (QED) is 0.437. The third-order valence-electron chi connectivity index (χ3n) is 1.45. The molecule has 2 heterocycles. The molecule has 12 heavy (non-hydrogen) atoms. The molecule has 7 heteroatoms. The summed E-state index contributed by atoms with van der Waals surface area (Å²) in [7, 11) is 0. The van der Waals surface area contributed by atoms with Crippen LogP contribution in [-0.4, -0.2) is 15.3 Å². The number of nitrogens with zero attached hydrogens (tertiary/aromatic N) is 1. The summed E-state index contributed by atoms with van der Waals surface area (Å²) >= 11 is 11.3. The average Bonchev–Trinajstić information content (AvgIpc) is 2.29. The fraction of sp³-hybridized carbons (Fsp3) is 0.200. The molecule has 0 saturated carbocycles. The van der Waals surface area contributed by atoms with Gasteiger partial charge in [-0.2, -0.15) is 0 Å². The zero-order chi connectivity index (χ0) is 8.72. The van der Waals surface area contributed by atoms with E-state index in [1.54, 1.807) is 0 Å². The minimum atomic E-state index is -0.632. The van der Waals surface area contributed by atoms with E-state index >= 15 is 0 Å². The molecule has 1 unspecified atom stereocenters. The van der Waals surface area contributed by atoms with Gasteiger partial charge in [-0.05, 0) is 11.6 Å². The predicted octanol–water partition coefficient (Wildman–Crippen LogP) is 0.961. The molecule has 0 aliphatic carbocycles. The molecule has 1 aliphatic rings. The van der Waals surface area contributed by atoms with Crippen LogP contribution in [0.3, 0.4) is 0 Å². The van der Waals surface area contributed by atoms with Crippen LogP contribution in [0.25, 0.3) is 0 Å². The monoisotopic (exact) mass is 206 g/mol. The van der Waals surface area contributed by atoms with Gasteiger partial charge in [0.25, 0.3) is 0 Å². The summed E-state index contributed by atoms with van der Waals surface area (Å²) in [4.78, 5) is 19.6. The van der Waals surface area contributed by atoms with Crippen molar-refractivity contribution in [3.63, 3.8) is 0 Å². The van der Waals surface area contributed by atoms with Crippen LogP contribution >= 0.6 is 23.2 Å². The summed E-state index contributed by atoms with van der Waals surface area (Å²) in [5, 5.41) is 2.82. The molecule has 1 aromatic heterocycles. The van der Waals surface area contributed by atoms with Gasteiger partial charge in [-0.1, -0.05) is 11.6 Å². The molecule has 1 aliphatic heterocycles. The van der Waals surface area contributed by atoms with E-state index in [0.717, 1.165) is 0 Å². The summed E-state index contributed by atoms with van der Waals surface area (Å²) in [6, 6.07) is 0. The van der Waals surface area contributed by atoms with Gasteiger partial charge < -0.3 is 10.3 Å². The highest BCUT2D eigenvalue weighted by Crippen LogP contribution is 2.28. The molecule has 0 radical (unpaired) electrons. The summed E-state index contributed by atoms with van der Waals surface area (Å²) in [5.41, 5.74) is -0.460. The molecule has 0 amide bonds. The highest BCUT2D eigenvalue weighted by atomic mass is 35.5. The number of rotatable bonds is 0. The zero-order valence-electron chi connectivity index (χ0n) is 5.69. The molecule has 2 rings (SSSR count). The lowest BCUT2D eigenvalue weighted by molar-refractivity contribution is 0.952. The smallest absolute Gasteiger partial charge is 0.315 e. The van der Waals surface area contributed by atoms with Crippen LogP contribution in [0.4, 0.5) is 5.82 Å². The average molecular weight is 207 g/mol. The Morgan fingerprint density at radius 2 is 2.17 bits per heavy atom. The third-order valence-corrected chi connectivity index (χ3v) is 1.96. The Morgan fingerprint density at radius 3 is 2.92 bits per heavy atom. The van der Waals surface area contributed by atoms with Crippen LogP contribution in [0.1, 0.15) is 11.2 Å². The van der Waals surface area contributed by atoms with Gasteiger partial charge >= 0.3 is 5.69 Å². The van der Waals surface area contributed by atoms with Crippen molar-refractivity contribution >= 4 is 34.3 Å². The number of H-pyrrole nitrogens is 2. The third kappa shape index (κ3) is 1.11. The number of hydrogen-bond acceptors (Lipinski definition) is 3. The first kappa shape index (κ1) is 7.70. The van der Waals surface area contributed by atoms with Gasteiger partial charge in [0.05, 0.1) is 0 Å². The lowest BCUT2D eigenvalue weighted by Crippen LogP contribution is -2.13. The number of aromatic nitrogens is 2. The number of amidine groups is 1. The van der Waals surface area contributed by atoms with Gasteiger partial charge in [-0.25, -0.2) is 9.79 Å². The first-order valence-corrected chi connectivity index (χ1v) is 3.95. The van der Waals surface area contributed by atoms with Crippen LogP contribution in [0.15, 0.2) is 9.79 Å². The maximum absolute atomic E-state index is 10.8. The second kappa shape index (κ2) is 2.53. The van der Waals surface area contributed by atoms with E-state index in [1.807, 2.05) is 0 Å². The number of anilines is 1. The largest absolute Gasteiger partial charge is 0.324 e. The van der Waals surface area contributed by atoms with Crippen molar-refractivity contribution in [1.82, 2.24) is 9.97 Å². The number of fused-ring (bicyclic) bond motifs is 1. The molecule has 3 N–H and O–H groups in total. The van der Waals surface area contributed by atoms with Crippen molar-refractivity contribution in [3.05, 3.63) is 16.2 Å². The minimum Gasteiger partial charge on any atom is -0.315 e. The van der Waals surface area contributed by atoms with Gasteiger partial charge in [0.2, 0.25) is 0 Å². The number of aliphatic imine (C=N–C) groups is 1. The van der Waals surface area contributed by atoms with Crippen LogP contribution < -0.4 is 11.0 Å². The number of hydrogen-bond donors (Lipinski definition) is 3. The molecule has 64 valence electrons. The Labute approximate surface area is 76.8 Å². The van der Waals surface area contributed by atoms with Crippen LogP contribution in [-0.2, 0) is 0 Å². The molecular weight excluding hydrogens is 203 g/mol. The topological polar surface area (TPSA) is 73.0 Å². The van der Waals surface area contributed by atoms with E-state index in [0.29, 0.717) is 11.5 Å². The molecular formula is C5H4Cl2N4O. The summed E-state index contributed by atoms with van der Waals surface area (Å²) in [6.07, 6.45) is 0. The van der Waals surface area contributed by atoms with Gasteiger partial charge in [-0.15, -0.1) is 0 Å². The molecule has 0 aromatic carbocycles. The maximum Gasteiger partial charge on any atom is 0.324 e. The van der Waals surface area contributed by atoms with Crippen molar-refractivity contribution in [1.29, 1.82) is 0 Å². The van der Waals surface area contributed by atoms with Crippen LogP contribution in [0.2, 0.25) is 0 Å². The van der Waals surface area contributed by atoms with Crippen LogP contribution in [0, 0.1) is 0 Å². The lowest BCUT2D eigenvalue weighted by atomic mass is 10.4. The molecule has 0 saturated heterocycles. The Morgan fingerprint density at radius 1 is 1.42 bits per heavy atom. The van der Waals surface area contributed by atoms with E-state index in [9.17, 15) is 4.79 Å². The second-order valence-corrected chi connectivity index (χ2v) is 3.02. The molecule has 0 spiro atoms. The summed E-state index contributed by atoms with van der Waals surface area (Å²) in [5.74, 6) is 0.472. The molecule has 5 nitrogen and oxygen atoms in total. The van der Waals surface area contributed by atoms with Crippen LogP contribution in [0.5, 0.6) is 0 Å². The Bertz CT molecular complexity index is 392. The Hall–Kier alpha value is -0.940. The maximum atomic E-state index is 10.8. The SMILES string of the molecule is O=c1[nH]c2c([nH]1)C(Cl)N=C(Cl)N2. The summed E-state index contributed by atoms with van der Waals surface area (Å²) in [6.45, 7) is 0. The highest BCUT2D eigenvalue weighted by molar-refractivity contribution is 6.67. The van der Waals surface area contributed by atoms with E-state index in [2.05, 4.69) is 20.3 Å². The number of aromatic amines is 2. The number of halogens is 2. The highest BCUT2D eigenvalue weighted by Gasteiger charge is 2.20. The molecule has 0 bridgehead atoms. The standard InChI is InChI=1S/C5H4Cl2N4O/c6-2-1-3(10-4(7)9-2)11-5(12)8-1/h2H,(H,9,10)(H2,8,11,12). The van der Waals surface area contributed by atoms with Crippen molar-refractivity contribution in [3.8, 4) is 0 Å².